The van der Waals surface area contributed by atoms with Crippen molar-refractivity contribution in [2.45, 2.75) is 50.8 Å². The summed E-state index contributed by atoms with van der Waals surface area (Å²) in [6.45, 7) is 8.50. The van der Waals surface area contributed by atoms with Gasteiger partial charge in [0.2, 0.25) is 0 Å². The fourth-order valence-electron chi connectivity index (χ4n) is 2.57. The molecule has 0 saturated heterocycles. The quantitative estimate of drug-likeness (QED) is 0.631. The number of amides is 1. The molecule has 24 heavy (non-hydrogen) atoms. The van der Waals surface area contributed by atoms with Crippen LogP contribution >= 0.6 is 23.1 Å². The van der Waals surface area contributed by atoms with Gasteiger partial charge in [-0.15, -0.1) is 23.1 Å². The lowest BCUT2D eigenvalue weighted by molar-refractivity contribution is 0.0728. The lowest BCUT2D eigenvalue weighted by Crippen LogP contribution is -2.35. The van der Waals surface area contributed by atoms with Gasteiger partial charge in [-0.05, 0) is 50.5 Å². The Morgan fingerprint density at radius 2 is 1.92 bits per heavy atom. The van der Waals surface area contributed by atoms with E-state index in [0.717, 1.165) is 33.3 Å². The Morgan fingerprint density at radius 1 is 1.25 bits per heavy atom. The monoisotopic (exact) mass is 362 g/mol. The molecule has 2 aromatic rings. The number of nitrogens with zero attached hydrogens (tertiary/aromatic N) is 2. The molecule has 130 valence electrons. The number of aryl methyl sites for hydroxylation is 1. The van der Waals surface area contributed by atoms with Gasteiger partial charge in [0.05, 0.1) is 10.7 Å². The summed E-state index contributed by atoms with van der Waals surface area (Å²) >= 11 is 3.43. The van der Waals surface area contributed by atoms with E-state index in [4.69, 9.17) is 0 Å². The second kappa shape index (κ2) is 8.67. The summed E-state index contributed by atoms with van der Waals surface area (Å²) in [4.78, 5) is 20.1. The van der Waals surface area contributed by atoms with Crippen LogP contribution in [0.1, 0.15) is 48.3 Å². The summed E-state index contributed by atoms with van der Waals surface area (Å²) in [5.41, 5.74) is 1.87. The SMILES string of the molecule is Cc1nc(CSc2ccc(C(=O)N(C)C(C)CC(C)C)cc2)cs1. The van der Waals surface area contributed by atoms with E-state index >= 15 is 0 Å². The van der Waals surface area contributed by atoms with Gasteiger partial charge in [0, 0.05) is 34.7 Å². The predicted molar refractivity (Wildman–Crippen MR) is 104 cm³/mol. The van der Waals surface area contributed by atoms with E-state index in [0.29, 0.717) is 5.92 Å². The zero-order valence-electron chi connectivity index (χ0n) is 15.1. The number of carbonyl (C=O) groups excluding carboxylic acids is 1. The topological polar surface area (TPSA) is 33.2 Å². The van der Waals surface area contributed by atoms with Gasteiger partial charge in [-0.25, -0.2) is 4.98 Å². The highest BCUT2D eigenvalue weighted by atomic mass is 32.2. The first-order valence-corrected chi connectivity index (χ1v) is 10.1. The van der Waals surface area contributed by atoms with Crippen molar-refractivity contribution in [2.75, 3.05) is 7.05 Å². The largest absolute Gasteiger partial charge is 0.339 e. The van der Waals surface area contributed by atoms with Crippen molar-refractivity contribution in [2.24, 2.45) is 5.92 Å². The number of thiazole rings is 1. The van der Waals surface area contributed by atoms with Crippen LogP contribution in [0.15, 0.2) is 34.5 Å². The average Bonchev–Trinajstić information content (AvgIpc) is 2.97. The van der Waals surface area contributed by atoms with Gasteiger partial charge in [-0.2, -0.15) is 0 Å². The molecule has 0 N–H and O–H groups in total. The van der Waals surface area contributed by atoms with Crippen LogP contribution < -0.4 is 0 Å². The van der Waals surface area contributed by atoms with Crippen LogP contribution in [0.25, 0.3) is 0 Å². The number of thioether (sulfide) groups is 1. The van der Waals surface area contributed by atoms with Crippen molar-refractivity contribution < 1.29 is 4.79 Å². The highest BCUT2D eigenvalue weighted by molar-refractivity contribution is 7.98. The van der Waals surface area contributed by atoms with E-state index in [-0.39, 0.29) is 11.9 Å². The molecule has 0 fully saturated rings. The van der Waals surface area contributed by atoms with E-state index in [9.17, 15) is 4.79 Å². The highest BCUT2D eigenvalue weighted by Gasteiger charge is 2.18. The Hall–Kier alpha value is -1.33. The molecule has 0 aliphatic carbocycles. The van der Waals surface area contributed by atoms with Crippen LogP contribution in [-0.2, 0) is 5.75 Å². The molecule has 2 rings (SSSR count). The maximum atomic E-state index is 12.6. The van der Waals surface area contributed by atoms with E-state index < -0.39 is 0 Å². The van der Waals surface area contributed by atoms with E-state index in [2.05, 4.69) is 31.1 Å². The van der Waals surface area contributed by atoms with Crippen LogP contribution in [0.2, 0.25) is 0 Å². The Kier molecular flexibility index (Phi) is 6.87. The van der Waals surface area contributed by atoms with Gasteiger partial charge in [0.1, 0.15) is 0 Å². The van der Waals surface area contributed by atoms with Crippen molar-refractivity contribution >= 4 is 29.0 Å². The standard InChI is InChI=1S/C19H26N2OS2/c1-13(2)10-14(3)21(5)19(22)16-6-8-18(9-7-16)24-12-17-11-23-15(4)20-17/h6-9,11,13-14H,10,12H2,1-5H3. The molecule has 0 aliphatic heterocycles. The molecule has 0 aliphatic rings. The Morgan fingerprint density at radius 3 is 2.46 bits per heavy atom. The van der Waals surface area contributed by atoms with Gasteiger partial charge in [-0.3, -0.25) is 4.79 Å². The number of rotatable bonds is 7. The summed E-state index contributed by atoms with van der Waals surface area (Å²) in [5, 5.41) is 3.20. The van der Waals surface area contributed by atoms with Crippen molar-refractivity contribution in [1.82, 2.24) is 9.88 Å². The molecular weight excluding hydrogens is 336 g/mol. The molecule has 5 heteroatoms. The van der Waals surface area contributed by atoms with Gasteiger partial charge in [0.25, 0.3) is 5.91 Å². The molecule has 3 nitrogen and oxygen atoms in total. The lowest BCUT2D eigenvalue weighted by atomic mass is 10.0. The minimum atomic E-state index is 0.0924. The Labute approximate surface area is 153 Å². The number of hydrogen-bond acceptors (Lipinski definition) is 4. The number of hydrogen-bond donors (Lipinski definition) is 0. The van der Waals surface area contributed by atoms with Crippen LogP contribution in [0, 0.1) is 12.8 Å². The van der Waals surface area contributed by atoms with E-state index in [1.165, 1.54) is 0 Å². The third-order valence-electron chi connectivity index (χ3n) is 3.95. The molecule has 1 heterocycles. The maximum absolute atomic E-state index is 12.6. The number of aromatic nitrogens is 1. The molecule has 1 atom stereocenters. The van der Waals surface area contributed by atoms with Gasteiger partial charge in [-0.1, -0.05) is 13.8 Å². The fraction of sp³-hybridized carbons (Fsp3) is 0.474. The van der Waals surface area contributed by atoms with Crippen LogP contribution in [0.4, 0.5) is 0 Å². The predicted octanol–water partition coefficient (Wildman–Crippen LogP) is 5.25. The first-order chi connectivity index (χ1) is 11.4. The summed E-state index contributed by atoms with van der Waals surface area (Å²) in [6, 6.07) is 8.15. The second-order valence-corrected chi connectivity index (χ2v) is 8.68. The van der Waals surface area contributed by atoms with Crippen molar-refractivity contribution in [3.05, 3.63) is 45.9 Å². The van der Waals surface area contributed by atoms with E-state index in [1.807, 2.05) is 43.1 Å². The summed E-state index contributed by atoms with van der Waals surface area (Å²) < 4.78 is 0. The molecular formula is C19H26N2OS2. The summed E-state index contributed by atoms with van der Waals surface area (Å²) in [6.07, 6.45) is 1.02. The minimum Gasteiger partial charge on any atom is -0.339 e. The normalized spacial score (nSPS) is 12.4. The van der Waals surface area contributed by atoms with Gasteiger partial charge >= 0.3 is 0 Å². The third-order valence-corrected chi connectivity index (χ3v) is 5.82. The van der Waals surface area contributed by atoms with Crippen LogP contribution in [0.3, 0.4) is 0 Å². The summed E-state index contributed by atoms with van der Waals surface area (Å²) in [5.74, 6) is 1.54. The maximum Gasteiger partial charge on any atom is 0.253 e. The fourth-order valence-corrected chi connectivity index (χ4v) is 4.08. The van der Waals surface area contributed by atoms with E-state index in [1.54, 1.807) is 23.1 Å². The first-order valence-electron chi connectivity index (χ1n) is 8.28. The smallest absolute Gasteiger partial charge is 0.253 e. The Bertz CT molecular complexity index is 664. The zero-order chi connectivity index (χ0) is 17.7. The third kappa shape index (κ3) is 5.35. The highest BCUT2D eigenvalue weighted by Crippen LogP contribution is 2.24. The van der Waals surface area contributed by atoms with Gasteiger partial charge in [0.15, 0.2) is 0 Å². The number of benzene rings is 1. The zero-order valence-corrected chi connectivity index (χ0v) is 16.7. The van der Waals surface area contributed by atoms with Crippen molar-refractivity contribution in [3.63, 3.8) is 0 Å². The molecule has 0 bridgehead atoms. The van der Waals surface area contributed by atoms with Crippen molar-refractivity contribution in [1.29, 1.82) is 0 Å². The van der Waals surface area contributed by atoms with Gasteiger partial charge < -0.3 is 4.90 Å². The molecule has 0 spiro atoms. The first kappa shape index (κ1) is 19.0. The molecule has 1 unspecified atom stereocenters. The molecule has 0 saturated carbocycles. The second-order valence-electron chi connectivity index (χ2n) is 6.57. The van der Waals surface area contributed by atoms with Crippen molar-refractivity contribution in [3.8, 4) is 0 Å². The van der Waals surface area contributed by atoms with Crippen LogP contribution in [0.5, 0.6) is 0 Å². The Balaban J connectivity index is 1.94. The molecule has 0 radical (unpaired) electrons. The molecule has 1 amide bonds. The number of carbonyl (C=O) groups is 1. The summed E-state index contributed by atoms with van der Waals surface area (Å²) in [7, 11) is 1.89. The van der Waals surface area contributed by atoms with Crippen LogP contribution in [-0.4, -0.2) is 28.9 Å². The molecule has 1 aromatic heterocycles. The lowest BCUT2D eigenvalue weighted by Gasteiger charge is -2.26. The molecule has 1 aromatic carbocycles. The average molecular weight is 363 g/mol. The minimum absolute atomic E-state index is 0.0924.